The zero-order valence-electron chi connectivity index (χ0n) is 11.3. The molecule has 0 aliphatic rings. The number of H-pyrrole nitrogens is 1. The van der Waals surface area contributed by atoms with Crippen molar-refractivity contribution in [3.63, 3.8) is 0 Å². The van der Waals surface area contributed by atoms with E-state index < -0.39 is 6.16 Å². The molecule has 2 rings (SSSR count). The molecule has 7 nitrogen and oxygen atoms in total. The van der Waals surface area contributed by atoms with Crippen molar-refractivity contribution < 1.29 is 14.6 Å². The monoisotopic (exact) mass is 279 g/mol. The number of imidazole rings is 1. The average molecular weight is 279 g/mol. The standard InChI is InChI=1S/C13H17N3O4/c1-13(2,14)5-6-16-10-4-3-8(20-12(18)19)7-9(10)15-11(16)17/h3-4,7H,5-6,14H2,1-2H3,(H,15,17)(H,18,19). The Hall–Kier alpha value is -2.28. The predicted molar refractivity (Wildman–Crippen MR) is 74.1 cm³/mol. The van der Waals surface area contributed by atoms with Crippen LogP contribution in [0.2, 0.25) is 0 Å². The highest BCUT2D eigenvalue weighted by Gasteiger charge is 2.14. The zero-order valence-corrected chi connectivity index (χ0v) is 11.3. The number of nitrogens with zero attached hydrogens (tertiary/aromatic N) is 1. The number of nitrogens with one attached hydrogen (secondary N) is 1. The van der Waals surface area contributed by atoms with E-state index in [1.165, 1.54) is 12.1 Å². The summed E-state index contributed by atoms with van der Waals surface area (Å²) in [6, 6.07) is 4.64. The molecule has 0 fully saturated rings. The highest BCUT2D eigenvalue weighted by Crippen LogP contribution is 2.19. The summed E-state index contributed by atoms with van der Waals surface area (Å²) in [6.07, 6.45) is -0.747. The molecule has 108 valence electrons. The second kappa shape index (κ2) is 5.01. The molecule has 0 radical (unpaired) electrons. The normalized spacial score (nSPS) is 11.8. The summed E-state index contributed by atoms with van der Waals surface area (Å²) < 4.78 is 6.13. The highest BCUT2D eigenvalue weighted by atomic mass is 16.7. The van der Waals surface area contributed by atoms with Crippen LogP contribution in [0.15, 0.2) is 23.0 Å². The van der Waals surface area contributed by atoms with Crippen LogP contribution in [0.25, 0.3) is 11.0 Å². The number of aryl methyl sites for hydroxylation is 1. The maximum absolute atomic E-state index is 11.9. The number of hydrogen-bond acceptors (Lipinski definition) is 4. The maximum Gasteiger partial charge on any atom is 0.511 e. The van der Waals surface area contributed by atoms with Gasteiger partial charge >= 0.3 is 11.8 Å². The van der Waals surface area contributed by atoms with Gasteiger partial charge in [-0.3, -0.25) is 4.57 Å². The van der Waals surface area contributed by atoms with Crippen LogP contribution in [-0.4, -0.2) is 26.4 Å². The molecule has 0 amide bonds. The number of ether oxygens (including phenoxy) is 1. The van der Waals surface area contributed by atoms with Crippen LogP contribution in [-0.2, 0) is 6.54 Å². The second-order valence-electron chi connectivity index (χ2n) is 5.37. The highest BCUT2D eigenvalue weighted by molar-refractivity contribution is 5.78. The lowest BCUT2D eigenvalue weighted by atomic mass is 10.0. The summed E-state index contributed by atoms with van der Waals surface area (Å²) in [5.74, 6) is 0.164. The fourth-order valence-electron chi connectivity index (χ4n) is 1.93. The van der Waals surface area contributed by atoms with Gasteiger partial charge in [0.2, 0.25) is 0 Å². The molecule has 1 aromatic carbocycles. The van der Waals surface area contributed by atoms with Crippen molar-refractivity contribution in [3.05, 3.63) is 28.7 Å². The van der Waals surface area contributed by atoms with Crippen molar-refractivity contribution >= 4 is 17.2 Å². The quantitative estimate of drug-likeness (QED) is 0.580. The third-order valence-corrected chi connectivity index (χ3v) is 2.93. The van der Waals surface area contributed by atoms with Crippen LogP contribution in [0.3, 0.4) is 0 Å². The van der Waals surface area contributed by atoms with Gasteiger partial charge in [-0.2, -0.15) is 0 Å². The molecule has 0 saturated heterocycles. The Morgan fingerprint density at radius 3 is 2.80 bits per heavy atom. The van der Waals surface area contributed by atoms with Gasteiger partial charge in [-0.15, -0.1) is 0 Å². The van der Waals surface area contributed by atoms with Crippen LogP contribution in [0.1, 0.15) is 20.3 Å². The Bertz CT molecular complexity index is 694. The number of rotatable bonds is 4. The molecule has 1 heterocycles. The molecule has 1 aromatic heterocycles. The van der Waals surface area contributed by atoms with Gasteiger partial charge in [0.05, 0.1) is 11.0 Å². The predicted octanol–water partition coefficient (Wildman–Crippen LogP) is 1.51. The van der Waals surface area contributed by atoms with E-state index in [-0.39, 0.29) is 17.0 Å². The first-order chi connectivity index (χ1) is 9.26. The Morgan fingerprint density at radius 2 is 2.20 bits per heavy atom. The summed E-state index contributed by atoms with van der Waals surface area (Å²) >= 11 is 0. The number of nitrogens with two attached hydrogens (primary N) is 1. The number of carboxylic acid groups (broad SMARTS) is 1. The van der Waals surface area contributed by atoms with Crippen LogP contribution in [0.5, 0.6) is 5.75 Å². The Labute approximate surface area is 115 Å². The maximum atomic E-state index is 11.9. The minimum atomic E-state index is -1.39. The Kier molecular flexibility index (Phi) is 3.54. The Balaban J connectivity index is 2.35. The summed E-state index contributed by atoms with van der Waals surface area (Å²) in [5.41, 5.74) is 6.52. The van der Waals surface area contributed by atoms with Crippen molar-refractivity contribution in [1.82, 2.24) is 9.55 Å². The lowest BCUT2D eigenvalue weighted by Crippen LogP contribution is -2.34. The first-order valence-electron chi connectivity index (χ1n) is 6.18. The molecule has 0 atom stereocenters. The van der Waals surface area contributed by atoms with Gasteiger partial charge in [-0.1, -0.05) is 0 Å². The van der Waals surface area contributed by atoms with Crippen LogP contribution >= 0.6 is 0 Å². The summed E-state index contributed by atoms with van der Waals surface area (Å²) in [4.78, 5) is 25.0. The fourth-order valence-corrected chi connectivity index (χ4v) is 1.93. The lowest BCUT2D eigenvalue weighted by Gasteiger charge is -2.18. The molecule has 0 bridgehead atoms. The molecule has 0 spiro atoms. The van der Waals surface area contributed by atoms with Crippen LogP contribution < -0.4 is 16.2 Å². The minimum absolute atomic E-state index is 0.164. The smallest absolute Gasteiger partial charge is 0.449 e. The van der Waals surface area contributed by atoms with E-state index in [1.54, 1.807) is 10.6 Å². The third kappa shape index (κ3) is 3.18. The number of aromatic nitrogens is 2. The molecule has 0 aliphatic heterocycles. The number of carbonyl (C=O) groups is 1. The molecular weight excluding hydrogens is 262 g/mol. The van der Waals surface area contributed by atoms with Gasteiger partial charge in [-0.25, -0.2) is 9.59 Å². The molecule has 0 aliphatic carbocycles. The topological polar surface area (TPSA) is 110 Å². The van der Waals surface area contributed by atoms with Crippen LogP contribution in [0.4, 0.5) is 4.79 Å². The van der Waals surface area contributed by atoms with Gasteiger partial charge in [0.15, 0.2) is 0 Å². The first kappa shape index (κ1) is 14.1. The molecule has 4 N–H and O–H groups in total. The van der Waals surface area contributed by atoms with E-state index in [0.29, 0.717) is 24.0 Å². The largest absolute Gasteiger partial charge is 0.511 e. The molecule has 0 saturated carbocycles. The molecule has 2 aromatic rings. The summed E-state index contributed by atoms with van der Waals surface area (Å²) in [6.45, 7) is 4.28. The van der Waals surface area contributed by atoms with Crippen molar-refractivity contribution in [2.24, 2.45) is 5.73 Å². The zero-order chi connectivity index (χ0) is 14.9. The van der Waals surface area contributed by atoms with Gasteiger partial charge in [0, 0.05) is 18.2 Å². The number of aromatic amines is 1. The third-order valence-electron chi connectivity index (χ3n) is 2.93. The van der Waals surface area contributed by atoms with Gasteiger partial charge in [0.25, 0.3) is 0 Å². The number of benzene rings is 1. The van der Waals surface area contributed by atoms with E-state index >= 15 is 0 Å². The van der Waals surface area contributed by atoms with E-state index in [9.17, 15) is 9.59 Å². The van der Waals surface area contributed by atoms with Crippen molar-refractivity contribution in [2.45, 2.75) is 32.4 Å². The summed E-state index contributed by atoms with van der Waals surface area (Å²) in [7, 11) is 0. The van der Waals surface area contributed by atoms with Crippen molar-refractivity contribution in [1.29, 1.82) is 0 Å². The van der Waals surface area contributed by atoms with E-state index in [1.807, 2.05) is 13.8 Å². The second-order valence-corrected chi connectivity index (χ2v) is 5.37. The molecule has 7 heteroatoms. The van der Waals surface area contributed by atoms with Gasteiger partial charge < -0.3 is 20.6 Å². The fraction of sp³-hybridized carbons (Fsp3) is 0.385. The van der Waals surface area contributed by atoms with Crippen molar-refractivity contribution in [2.75, 3.05) is 0 Å². The molecule has 0 unspecified atom stereocenters. The SMILES string of the molecule is CC(C)(N)CCn1c(=O)[nH]c2cc(OC(=O)O)ccc21. The summed E-state index contributed by atoms with van der Waals surface area (Å²) in [5, 5.41) is 8.56. The number of hydrogen-bond donors (Lipinski definition) is 3. The van der Waals surface area contributed by atoms with Gasteiger partial charge in [-0.05, 0) is 32.4 Å². The van der Waals surface area contributed by atoms with E-state index in [0.717, 1.165) is 0 Å². The van der Waals surface area contributed by atoms with Gasteiger partial charge in [0.1, 0.15) is 5.75 Å². The molecular formula is C13H17N3O4. The minimum Gasteiger partial charge on any atom is -0.449 e. The average Bonchev–Trinajstić information content (AvgIpc) is 2.59. The lowest BCUT2D eigenvalue weighted by molar-refractivity contribution is 0.144. The first-order valence-corrected chi connectivity index (χ1v) is 6.18. The van der Waals surface area contributed by atoms with E-state index in [4.69, 9.17) is 10.8 Å². The van der Waals surface area contributed by atoms with Crippen molar-refractivity contribution in [3.8, 4) is 5.75 Å². The van der Waals surface area contributed by atoms with E-state index in [2.05, 4.69) is 9.72 Å². The Morgan fingerprint density at radius 1 is 1.50 bits per heavy atom. The van der Waals surface area contributed by atoms with Crippen LogP contribution in [0, 0.1) is 0 Å². The number of fused-ring (bicyclic) bond motifs is 1. The molecule has 20 heavy (non-hydrogen) atoms.